The van der Waals surface area contributed by atoms with Gasteiger partial charge < -0.3 is 24.9 Å². The number of nitrogens with zero attached hydrogens (tertiary/aromatic N) is 4. The van der Waals surface area contributed by atoms with Crippen molar-refractivity contribution in [3.63, 3.8) is 0 Å². The predicted octanol–water partition coefficient (Wildman–Crippen LogP) is 13.2. The number of anilines is 1. The monoisotopic (exact) mass is 1150 g/mol. The van der Waals surface area contributed by atoms with Gasteiger partial charge in [-0.25, -0.2) is 9.78 Å². The Bertz CT molecular complexity index is 3810. The Hall–Kier alpha value is -10.3. The fraction of sp³-hybridized carbons (Fsp3) is 0.0986. The SMILES string of the molecule is N#Cc1ccc(OCC2=C(C(=O)OC(c3ccccc3)c3ccccc3)N3C(=O)C(NC(=O)C(=NOC(c4ccccc4)(c4ccccc4)c4ccccc4)c4csc(NC(c5ccccc5)(c5ccccc5)c5ccccc5)n4)[C@@H]3SC2)cc1. The Morgan fingerprint density at radius 1 is 0.624 bits per heavy atom. The van der Waals surface area contributed by atoms with Crippen LogP contribution in [-0.2, 0) is 35.1 Å². The van der Waals surface area contributed by atoms with E-state index in [0.29, 0.717) is 22.0 Å². The van der Waals surface area contributed by atoms with Gasteiger partial charge in [0.25, 0.3) is 11.8 Å². The van der Waals surface area contributed by atoms with Crippen molar-refractivity contribution >= 4 is 51.7 Å². The molecule has 12 rings (SSSR count). The fourth-order valence-corrected chi connectivity index (χ4v) is 13.0. The molecule has 1 saturated heterocycles. The average molecular weight is 1150 g/mol. The van der Waals surface area contributed by atoms with Gasteiger partial charge in [0.2, 0.25) is 5.60 Å². The molecule has 2 amide bonds. The van der Waals surface area contributed by atoms with Crippen molar-refractivity contribution < 1.29 is 28.7 Å². The normalized spacial score (nSPS) is 15.0. The number of benzene rings is 9. The lowest BCUT2D eigenvalue weighted by molar-refractivity contribution is -0.154. The molecule has 0 radical (unpaired) electrons. The van der Waals surface area contributed by atoms with Crippen LogP contribution in [-0.4, -0.2) is 57.2 Å². The third-order valence-electron chi connectivity index (χ3n) is 15.0. The maximum atomic E-state index is 15.6. The molecule has 2 aliphatic heterocycles. The van der Waals surface area contributed by atoms with Crippen LogP contribution in [0.5, 0.6) is 5.75 Å². The van der Waals surface area contributed by atoms with Crippen molar-refractivity contribution in [2.75, 3.05) is 17.7 Å². The van der Waals surface area contributed by atoms with Crippen molar-refractivity contribution in [2.45, 2.75) is 28.7 Å². The van der Waals surface area contributed by atoms with Crippen LogP contribution in [0.1, 0.15) is 61.9 Å². The summed E-state index contributed by atoms with van der Waals surface area (Å²) in [6.45, 7) is -0.0708. The highest BCUT2D eigenvalue weighted by molar-refractivity contribution is 8.00. The first-order valence-corrected chi connectivity index (χ1v) is 29.5. The minimum atomic E-state index is -1.40. The number of thiazole rings is 1. The summed E-state index contributed by atoms with van der Waals surface area (Å²) in [4.78, 5) is 59.3. The van der Waals surface area contributed by atoms with Crippen LogP contribution in [0, 0.1) is 11.3 Å². The van der Waals surface area contributed by atoms with Crippen LogP contribution < -0.4 is 15.4 Å². The Kier molecular flexibility index (Phi) is 16.3. The molecule has 2 N–H and O–H groups in total. The molecule has 416 valence electrons. The van der Waals surface area contributed by atoms with E-state index in [1.54, 1.807) is 29.6 Å². The van der Waals surface area contributed by atoms with Gasteiger partial charge in [-0.1, -0.05) is 248 Å². The maximum Gasteiger partial charge on any atom is 0.356 e. The standard InChI is InChI=1S/C71H54N6O6S2/c72-45-49-41-43-59(44-42-49)81-46-52-47-84-67-62(66(79)77(67)63(52)68(80)82-64(50-25-9-1-10-26-50)51-27-11-2-12-28-51)74-65(78)61(76-83-71(56-35-19-6-20-36-56,57-37-21-7-22-38-57)58-39-23-8-24-40-58)60-48-85-69(73-60)75-70(53-29-13-3-14-30-53,54-31-15-4-16-32-54)55-33-17-5-18-34-55/h1-44,48,62,64,67H,46-47H2,(H,73,75)(H,74,78)/t62?,67-/m0/s1. The van der Waals surface area contributed by atoms with Crippen LogP contribution in [0.2, 0.25) is 0 Å². The summed E-state index contributed by atoms with van der Waals surface area (Å²) >= 11 is 2.67. The number of hydrogen-bond donors (Lipinski definition) is 2. The second-order valence-corrected chi connectivity index (χ2v) is 22.1. The molecule has 1 unspecified atom stereocenters. The average Bonchev–Trinajstić information content (AvgIpc) is 2.68. The summed E-state index contributed by atoms with van der Waals surface area (Å²) in [7, 11) is 0. The number of nitrogens with one attached hydrogen (secondary N) is 2. The zero-order valence-electron chi connectivity index (χ0n) is 45.7. The van der Waals surface area contributed by atoms with E-state index in [2.05, 4.69) is 53.1 Å². The molecule has 14 heteroatoms. The number of aromatic nitrogens is 1. The number of ether oxygens (including phenoxy) is 2. The summed E-state index contributed by atoms with van der Waals surface area (Å²) in [5, 5.41) is 22.7. The quantitative estimate of drug-likeness (QED) is 0.0248. The van der Waals surface area contributed by atoms with Gasteiger partial charge in [-0.3, -0.25) is 14.5 Å². The number of esters is 1. The maximum absolute atomic E-state index is 15.6. The topological polar surface area (TPSA) is 155 Å². The number of fused-ring (bicyclic) bond motifs is 1. The van der Waals surface area contributed by atoms with Gasteiger partial charge in [0.05, 0.1) is 11.6 Å². The van der Waals surface area contributed by atoms with Gasteiger partial charge in [0, 0.05) is 33.4 Å². The zero-order valence-corrected chi connectivity index (χ0v) is 47.3. The van der Waals surface area contributed by atoms with E-state index in [-0.39, 0.29) is 29.5 Å². The first-order valence-electron chi connectivity index (χ1n) is 27.6. The molecule has 2 aliphatic rings. The molecular formula is C71H54N6O6S2. The number of hydrogen-bond acceptors (Lipinski definition) is 12. The Morgan fingerprint density at radius 2 is 1.07 bits per heavy atom. The second-order valence-electron chi connectivity index (χ2n) is 20.2. The van der Waals surface area contributed by atoms with E-state index >= 15 is 14.4 Å². The highest BCUT2D eigenvalue weighted by Crippen LogP contribution is 2.45. The lowest BCUT2D eigenvalue weighted by atomic mass is 9.77. The van der Waals surface area contributed by atoms with Crippen LogP contribution >= 0.6 is 23.1 Å². The van der Waals surface area contributed by atoms with Crippen LogP contribution in [0.25, 0.3) is 0 Å². The first-order chi connectivity index (χ1) is 41.8. The second kappa shape index (κ2) is 25.0. The Morgan fingerprint density at radius 3 is 1.53 bits per heavy atom. The number of oxime groups is 1. The molecule has 10 aromatic rings. The number of thioether (sulfide) groups is 1. The van der Waals surface area contributed by atoms with Gasteiger partial charge in [-0.15, -0.1) is 23.1 Å². The van der Waals surface area contributed by atoms with E-state index in [4.69, 9.17) is 24.5 Å². The third-order valence-corrected chi connectivity index (χ3v) is 17.1. The van der Waals surface area contributed by atoms with Gasteiger partial charge in [0.1, 0.15) is 40.7 Å². The highest BCUT2D eigenvalue weighted by Gasteiger charge is 2.55. The van der Waals surface area contributed by atoms with Gasteiger partial charge in [-0.05, 0) is 52.1 Å². The van der Waals surface area contributed by atoms with Gasteiger partial charge in [0.15, 0.2) is 16.9 Å². The number of β-lactam (4-membered cyclic amide) rings is 1. The van der Waals surface area contributed by atoms with E-state index < -0.39 is 46.4 Å². The number of rotatable bonds is 20. The molecule has 12 nitrogen and oxygen atoms in total. The van der Waals surface area contributed by atoms with E-state index in [9.17, 15) is 5.26 Å². The third kappa shape index (κ3) is 11.2. The molecule has 85 heavy (non-hydrogen) atoms. The predicted molar refractivity (Wildman–Crippen MR) is 331 cm³/mol. The van der Waals surface area contributed by atoms with E-state index in [1.165, 1.54) is 28.0 Å². The van der Waals surface area contributed by atoms with E-state index in [0.717, 1.165) is 44.5 Å². The van der Waals surface area contributed by atoms with Crippen molar-refractivity contribution in [3.05, 3.63) is 339 Å². The highest BCUT2D eigenvalue weighted by atomic mass is 32.2. The smallest absolute Gasteiger partial charge is 0.356 e. The number of amides is 2. The summed E-state index contributed by atoms with van der Waals surface area (Å²) in [6, 6.07) is 85.9. The van der Waals surface area contributed by atoms with Crippen molar-refractivity contribution in [2.24, 2.45) is 5.16 Å². The summed E-state index contributed by atoms with van der Waals surface area (Å²) in [6.07, 6.45) is -0.827. The Balaban J connectivity index is 0.932. The molecule has 1 fully saturated rings. The van der Waals surface area contributed by atoms with Crippen molar-refractivity contribution in [1.82, 2.24) is 15.2 Å². The van der Waals surface area contributed by atoms with E-state index in [1.807, 2.05) is 206 Å². The molecular weight excluding hydrogens is 1100 g/mol. The molecule has 2 atom stereocenters. The van der Waals surface area contributed by atoms with Crippen molar-refractivity contribution in [1.29, 1.82) is 5.26 Å². The van der Waals surface area contributed by atoms with Crippen LogP contribution in [0.3, 0.4) is 0 Å². The molecule has 0 spiro atoms. The van der Waals surface area contributed by atoms with Gasteiger partial charge in [-0.2, -0.15) is 5.26 Å². The molecule has 0 saturated carbocycles. The number of nitriles is 1. The minimum Gasteiger partial charge on any atom is -0.489 e. The largest absolute Gasteiger partial charge is 0.489 e. The molecule has 9 aromatic carbocycles. The molecule has 0 aliphatic carbocycles. The molecule has 1 aromatic heterocycles. The van der Waals surface area contributed by atoms with Crippen molar-refractivity contribution in [3.8, 4) is 11.8 Å². The first kappa shape index (κ1) is 55.2. The molecule has 0 bridgehead atoms. The lowest BCUT2D eigenvalue weighted by Crippen LogP contribution is -2.71. The van der Waals surface area contributed by atoms with Crippen LogP contribution in [0.4, 0.5) is 5.13 Å². The fourth-order valence-electron chi connectivity index (χ4n) is 10.9. The number of carbonyl (C=O) groups excluding carboxylic acids is 3. The summed E-state index contributed by atoms with van der Waals surface area (Å²) < 4.78 is 12.7. The van der Waals surface area contributed by atoms with Crippen LogP contribution in [0.15, 0.2) is 289 Å². The lowest BCUT2D eigenvalue weighted by Gasteiger charge is -2.49. The minimum absolute atomic E-state index is 0.0225. The number of carbonyl (C=O) groups is 3. The van der Waals surface area contributed by atoms with Gasteiger partial charge >= 0.3 is 5.97 Å². The summed E-state index contributed by atoms with van der Waals surface area (Å²) in [5.41, 5.74) is 5.15. The Labute approximate surface area is 500 Å². The zero-order chi connectivity index (χ0) is 58.0. The molecule has 3 heterocycles. The summed E-state index contributed by atoms with van der Waals surface area (Å²) in [5.74, 6) is -1.32.